The van der Waals surface area contributed by atoms with Gasteiger partial charge in [-0.1, -0.05) is 11.8 Å². The Morgan fingerprint density at radius 1 is 1.59 bits per heavy atom. The van der Waals surface area contributed by atoms with Crippen LogP contribution < -0.4 is 5.32 Å². The van der Waals surface area contributed by atoms with E-state index in [2.05, 4.69) is 25.6 Å². The lowest BCUT2D eigenvalue weighted by molar-refractivity contribution is 0.906. The van der Waals surface area contributed by atoms with Crippen LogP contribution in [0.15, 0.2) is 34.9 Å². The van der Waals surface area contributed by atoms with E-state index < -0.39 is 0 Å². The smallest absolute Gasteiger partial charge is 0.184 e. The first-order valence-corrected chi connectivity index (χ1v) is 6.21. The molecule has 0 aliphatic carbocycles. The van der Waals surface area contributed by atoms with Crippen molar-refractivity contribution in [2.45, 2.75) is 6.54 Å². The molecule has 0 amide bonds. The number of fused-ring (bicyclic) bond motifs is 1. The van der Waals surface area contributed by atoms with Gasteiger partial charge in [-0.2, -0.15) is 5.53 Å². The second kappa shape index (κ2) is 5.44. The predicted octanol–water partition coefficient (Wildman–Crippen LogP) is 2.32. The maximum atomic E-state index is 6.69. The van der Waals surface area contributed by atoms with Crippen molar-refractivity contribution in [3.63, 3.8) is 0 Å². The average Bonchev–Trinajstić information content (AvgIpc) is 2.83. The fraction of sp³-hybridized carbons (Fsp3) is 0.200. The third-order valence-electron chi connectivity index (χ3n) is 2.31. The highest BCUT2D eigenvalue weighted by Crippen LogP contribution is 2.14. The molecule has 3 N–H and O–H groups in total. The van der Waals surface area contributed by atoms with Gasteiger partial charge < -0.3 is 10.3 Å². The van der Waals surface area contributed by atoms with Crippen LogP contribution in [-0.4, -0.2) is 21.4 Å². The van der Waals surface area contributed by atoms with Crippen molar-refractivity contribution in [2.75, 3.05) is 6.26 Å². The molecular formula is C10H12N6S. The number of H-pyrrole nitrogens is 1. The molecular weight excluding hydrogens is 236 g/mol. The highest BCUT2D eigenvalue weighted by molar-refractivity contribution is 8.13. The Kier molecular flexibility index (Phi) is 3.71. The van der Waals surface area contributed by atoms with Gasteiger partial charge in [0.25, 0.3) is 0 Å². The van der Waals surface area contributed by atoms with Crippen LogP contribution in [0.2, 0.25) is 0 Å². The molecule has 0 saturated carbocycles. The number of thioether (sulfide) groups is 1. The Hall–Kier alpha value is -1.89. The molecule has 0 aliphatic rings. The molecule has 2 aromatic rings. The molecule has 6 nitrogen and oxygen atoms in total. The highest BCUT2D eigenvalue weighted by Gasteiger charge is 2.03. The maximum absolute atomic E-state index is 6.69. The van der Waals surface area contributed by atoms with Gasteiger partial charge in [0, 0.05) is 24.3 Å². The van der Waals surface area contributed by atoms with E-state index in [0.717, 1.165) is 16.6 Å². The summed E-state index contributed by atoms with van der Waals surface area (Å²) in [4.78, 5) is 7.28. The number of pyridine rings is 1. The summed E-state index contributed by atoms with van der Waals surface area (Å²) in [5, 5.41) is 11.5. The quantitative estimate of drug-likeness (QED) is 0.337. The zero-order valence-corrected chi connectivity index (χ0v) is 10.1. The minimum Gasteiger partial charge on any atom is -0.359 e. The number of nitrogens with zero attached hydrogens (tertiary/aromatic N) is 3. The number of hydrogen-bond acceptors (Lipinski definition) is 4. The molecule has 2 heterocycles. The van der Waals surface area contributed by atoms with E-state index in [0.29, 0.717) is 11.7 Å². The molecule has 0 bridgehead atoms. The van der Waals surface area contributed by atoms with E-state index in [9.17, 15) is 0 Å². The van der Waals surface area contributed by atoms with Crippen molar-refractivity contribution in [2.24, 2.45) is 10.3 Å². The van der Waals surface area contributed by atoms with Crippen LogP contribution in [0.3, 0.4) is 0 Å². The van der Waals surface area contributed by atoms with Crippen LogP contribution in [0, 0.1) is 5.53 Å². The summed E-state index contributed by atoms with van der Waals surface area (Å²) in [5.74, 6) is 0. The molecule has 0 fully saturated rings. The molecule has 2 aromatic heterocycles. The Balaban J connectivity index is 2.16. The lowest BCUT2D eigenvalue weighted by atomic mass is 10.2. The third-order valence-corrected chi connectivity index (χ3v) is 2.93. The van der Waals surface area contributed by atoms with E-state index >= 15 is 0 Å². The molecule has 0 aliphatic heterocycles. The van der Waals surface area contributed by atoms with Crippen LogP contribution in [0.1, 0.15) is 5.56 Å². The van der Waals surface area contributed by atoms with Crippen molar-refractivity contribution in [1.29, 1.82) is 5.53 Å². The molecule has 0 aromatic carbocycles. The first-order valence-electron chi connectivity index (χ1n) is 4.98. The summed E-state index contributed by atoms with van der Waals surface area (Å²) in [5.41, 5.74) is 8.70. The molecule has 88 valence electrons. The molecule has 0 saturated heterocycles. The zero-order valence-electron chi connectivity index (χ0n) is 9.27. The van der Waals surface area contributed by atoms with Gasteiger partial charge in [0.1, 0.15) is 5.65 Å². The molecule has 0 radical (unpaired) electrons. The molecule has 7 heteroatoms. The minimum atomic E-state index is 0.625. The molecule has 0 unspecified atom stereocenters. The summed E-state index contributed by atoms with van der Waals surface area (Å²) < 4.78 is 0. The van der Waals surface area contributed by atoms with E-state index in [-0.39, 0.29) is 0 Å². The van der Waals surface area contributed by atoms with Crippen molar-refractivity contribution in [3.05, 3.63) is 30.1 Å². The van der Waals surface area contributed by atoms with Crippen LogP contribution >= 0.6 is 11.8 Å². The van der Waals surface area contributed by atoms with Crippen LogP contribution in [0.25, 0.3) is 11.0 Å². The van der Waals surface area contributed by atoms with Gasteiger partial charge >= 0.3 is 0 Å². The Morgan fingerprint density at radius 3 is 3.24 bits per heavy atom. The summed E-state index contributed by atoms with van der Waals surface area (Å²) in [6.45, 7) is 0.631. The van der Waals surface area contributed by atoms with E-state index in [4.69, 9.17) is 5.53 Å². The fourth-order valence-corrected chi connectivity index (χ4v) is 1.88. The lowest BCUT2D eigenvalue weighted by Gasteiger charge is -2.06. The zero-order chi connectivity index (χ0) is 12.1. The van der Waals surface area contributed by atoms with Crippen LogP contribution in [0.4, 0.5) is 0 Å². The van der Waals surface area contributed by atoms with Gasteiger partial charge in [-0.3, -0.25) is 0 Å². The van der Waals surface area contributed by atoms with Crippen LogP contribution in [0.5, 0.6) is 0 Å². The number of aromatic nitrogens is 2. The monoisotopic (exact) mass is 248 g/mol. The topological polar surface area (TPSA) is 89.3 Å². The number of nitrogens with one attached hydrogen (secondary N) is 3. The molecule has 2 rings (SSSR count). The van der Waals surface area contributed by atoms with Gasteiger partial charge in [0.15, 0.2) is 5.17 Å². The van der Waals surface area contributed by atoms with Gasteiger partial charge in [0.05, 0.1) is 0 Å². The van der Waals surface area contributed by atoms with Gasteiger partial charge in [0.2, 0.25) is 0 Å². The summed E-state index contributed by atoms with van der Waals surface area (Å²) in [7, 11) is 0. The van der Waals surface area contributed by atoms with Gasteiger partial charge in [-0.25, -0.2) is 4.98 Å². The molecule has 0 atom stereocenters. The highest BCUT2D eigenvalue weighted by atomic mass is 32.2. The SMILES string of the molecule is CSC(=NN=N)NCc1ccnc2[nH]ccc12. The number of aromatic amines is 1. The number of rotatable bonds is 3. The van der Waals surface area contributed by atoms with Crippen molar-refractivity contribution in [1.82, 2.24) is 15.3 Å². The Morgan fingerprint density at radius 2 is 2.47 bits per heavy atom. The molecule has 17 heavy (non-hydrogen) atoms. The fourth-order valence-electron chi connectivity index (χ4n) is 1.54. The summed E-state index contributed by atoms with van der Waals surface area (Å²) >= 11 is 1.42. The third kappa shape index (κ3) is 2.62. The first kappa shape index (κ1) is 11.6. The lowest BCUT2D eigenvalue weighted by Crippen LogP contribution is -2.19. The van der Waals surface area contributed by atoms with Crippen molar-refractivity contribution < 1.29 is 0 Å². The van der Waals surface area contributed by atoms with E-state index in [1.807, 2.05) is 24.6 Å². The first-order chi connectivity index (χ1) is 8.35. The van der Waals surface area contributed by atoms with Crippen molar-refractivity contribution >= 4 is 28.0 Å². The minimum absolute atomic E-state index is 0.625. The summed E-state index contributed by atoms with van der Waals surface area (Å²) in [6.07, 6.45) is 5.51. The van der Waals surface area contributed by atoms with E-state index in [1.54, 1.807) is 6.20 Å². The standard InChI is InChI=1S/C10H12N6S/c1-17-10(15-16-11)14-6-7-2-4-12-9-8(7)3-5-13-9/h2-5H,6H2,1H3,(H,12,13)(H2,11,14,15). The second-order valence-corrected chi connectivity index (χ2v) is 4.07. The average molecular weight is 248 g/mol. The Bertz CT molecular complexity index is 546. The number of hydrogen-bond donors (Lipinski definition) is 3. The second-order valence-electron chi connectivity index (χ2n) is 3.27. The predicted molar refractivity (Wildman–Crippen MR) is 69.0 cm³/mol. The van der Waals surface area contributed by atoms with Crippen LogP contribution in [-0.2, 0) is 6.54 Å². The van der Waals surface area contributed by atoms with Crippen molar-refractivity contribution in [3.8, 4) is 0 Å². The van der Waals surface area contributed by atoms with Gasteiger partial charge in [-0.15, -0.1) is 5.10 Å². The van der Waals surface area contributed by atoms with Gasteiger partial charge in [-0.05, 0) is 29.2 Å². The normalized spacial score (nSPS) is 11.7. The number of amidine groups is 1. The molecule has 0 spiro atoms. The van der Waals surface area contributed by atoms with E-state index in [1.165, 1.54) is 11.8 Å². The Labute approximate surface area is 102 Å². The maximum Gasteiger partial charge on any atom is 0.184 e. The largest absolute Gasteiger partial charge is 0.359 e. The summed E-state index contributed by atoms with van der Waals surface area (Å²) in [6, 6.07) is 3.95.